The van der Waals surface area contributed by atoms with Gasteiger partial charge in [0.05, 0.1) is 0 Å². The normalized spacial score (nSPS) is 10.6. The second-order valence-electron chi connectivity index (χ2n) is 9.24. The maximum Gasteiger partial charge on any atom is 0.162 e. The Kier molecular flexibility index (Phi) is 24.1. The van der Waals surface area contributed by atoms with Crippen molar-refractivity contribution in [3.05, 3.63) is 65.2 Å². The number of hydrogen-bond acceptors (Lipinski definition) is 3. The highest BCUT2D eigenvalue weighted by molar-refractivity contribution is 7.80. The molecule has 2 aromatic carbocycles. The van der Waals surface area contributed by atoms with Gasteiger partial charge >= 0.3 is 0 Å². The second kappa shape index (κ2) is 23.9. The molecular weight excluding hydrogens is 448 g/mol. The number of rotatable bonds is 11. The highest BCUT2D eigenvalue weighted by Crippen LogP contribution is 2.13. The van der Waals surface area contributed by atoms with Crippen molar-refractivity contribution in [2.75, 3.05) is 0 Å². The molecular formula is C32H52O2S. The fourth-order valence-electron chi connectivity index (χ4n) is 3.00. The Morgan fingerprint density at radius 1 is 0.886 bits per heavy atom. The van der Waals surface area contributed by atoms with Gasteiger partial charge in [-0.05, 0) is 36.8 Å². The van der Waals surface area contributed by atoms with Crippen molar-refractivity contribution in [1.29, 1.82) is 0 Å². The smallest absolute Gasteiger partial charge is 0.162 e. The van der Waals surface area contributed by atoms with E-state index < -0.39 is 0 Å². The van der Waals surface area contributed by atoms with Gasteiger partial charge in [0.15, 0.2) is 5.78 Å². The molecule has 0 saturated heterocycles. The van der Waals surface area contributed by atoms with E-state index in [0.717, 1.165) is 23.5 Å². The highest BCUT2D eigenvalue weighted by Gasteiger charge is 2.06. The molecule has 0 saturated carbocycles. The molecule has 1 atom stereocenters. The van der Waals surface area contributed by atoms with Gasteiger partial charge in [-0.1, -0.05) is 129 Å². The summed E-state index contributed by atoms with van der Waals surface area (Å²) in [5, 5.41) is 0. The van der Waals surface area contributed by atoms with E-state index in [1.54, 1.807) is 24.3 Å². The predicted molar refractivity (Wildman–Crippen MR) is 158 cm³/mol. The third-order valence-electron chi connectivity index (χ3n) is 5.68. The van der Waals surface area contributed by atoms with Crippen LogP contribution in [-0.4, -0.2) is 12.1 Å². The van der Waals surface area contributed by atoms with Crippen LogP contribution in [-0.2, 0) is 0 Å². The van der Waals surface area contributed by atoms with Gasteiger partial charge in [0.1, 0.15) is 6.29 Å². The Bertz CT molecular complexity index is 744. The summed E-state index contributed by atoms with van der Waals surface area (Å²) in [7, 11) is 0. The minimum absolute atomic E-state index is 0.154. The highest BCUT2D eigenvalue weighted by atomic mass is 32.1. The Hall–Kier alpha value is -1.87. The van der Waals surface area contributed by atoms with E-state index in [9.17, 15) is 9.59 Å². The number of carbonyl (C=O) groups excluding carboxylic acids is 2. The molecule has 0 aromatic heterocycles. The molecule has 0 aliphatic rings. The fraction of sp³-hybridized carbons (Fsp3) is 0.562. The topological polar surface area (TPSA) is 34.1 Å². The third-order valence-corrected chi connectivity index (χ3v) is 6.18. The summed E-state index contributed by atoms with van der Waals surface area (Å²) in [6, 6.07) is 14.8. The zero-order chi connectivity index (χ0) is 27.1. The molecule has 3 heteroatoms. The van der Waals surface area contributed by atoms with Gasteiger partial charge in [-0.3, -0.25) is 9.59 Å². The number of Topliss-reactive ketones (excluding diaryl/α,β-unsaturated/α-hetero) is 1. The first-order valence-electron chi connectivity index (χ1n) is 13.6. The van der Waals surface area contributed by atoms with E-state index >= 15 is 0 Å². The number of aryl methyl sites for hydroxylation is 1. The standard InChI is InChI=1S/C13H16O2.C10H22.C7H8S.C2H6/c1-10(2)3-8-13(15)12-6-4-11(9-14)5-7-12;1-4-6-7-8-9-10(3)5-2;1-6-4-2-3-5-7(6)8;1-2/h4-7,9-10H,3,8H2,1-2H3;10H,4-9H2,1-3H3;2-5,8H,1H3;1-2H3. The number of unbranched alkanes of at least 4 members (excludes halogenated alkanes) is 3. The maximum atomic E-state index is 11.7. The number of ketones is 1. The number of hydrogen-bond donors (Lipinski definition) is 1. The van der Waals surface area contributed by atoms with Crippen molar-refractivity contribution in [1.82, 2.24) is 0 Å². The van der Waals surface area contributed by atoms with Crippen LogP contribution in [0.1, 0.15) is 126 Å². The van der Waals surface area contributed by atoms with Crippen molar-refractivity contribution in [2.45, 2.75) is 112 Å². The lowest BCUT2D eigenvalue weighted by molar-refractivity contribution is 0.0974. The molecule has 2 nitrogen and oxygen atoms in total. The Morgan fingerprint density at radius 3 is 1.91 bits per heavy atom. The van der Waals surface area contributed by atoms with Crippen molar-refractivity contribution in [3.63, 3.8) is 0 Å². The van der Waals surface area contributed by atoms with E-state index in [4.69, 9.17) is 0 Å². The minimum atomic E-state index is 0.154. The molecule has 0 radical (unpaired) electrons. The van der Waals surface area contributed by atoms with E-state index in [1.165, 1.54) is 44.1 Å². The van der Waals surface area contributed by atoms with Crippen LogP contribution in [0.2, 0.25) is 0 Å². The van der Waals surface area contributed by atoms with Crippen LogP contribution in [0.5, 0.6) is 0 Å². The van der Waals surface area contributed by atoms with Gasteiger partial charge in [0.2, 0.25) is 0 Å². The van der Waals surface area contributed by atoms with Gasteiger partial charge in [0.25, 0.3) is 0 Å². The first-order valence-corrected chi connectivity index (χ1v) is 14.0. The molecule has 2 aromatic rings. The molecule has 0 heterocycles. The van der Waals surface area contributed by atoms with Crippen LogP contribution >= 0.6 is 12.6 Å². The molecule has 0 fully saturated rings. The first-order chi connectivity index (χ1) is 16.7. The Balaban J connectivity index is 0. The summed E-state index contributed by atoms with van der Waals surface area (Å²) in [4.78, 5) is 23.1. The number of carbonyl (C=O) groups is 2. The summed E-state index contributed by atoms with van der Waals surface area (Å²) < 4.78 is 0. The van der Waals surface area contributed by atoms with Crippen LogP contribution in [0, 0.1) is 18.8 Å². The van der Waals surface area contributed by atoms with Crippen molar-refractivity contribution < 1.29 is 9.59 Å². The molecule has 198 valence electrons. The van der Waals surface area contributed by atoms with E-state index in [1.807, 2.05) is 45.0 Å². The lowest BCUT2D eigenvalue weighted by Gasteiger charge is -2.06. The molecule has 0 amide bonds. The van der Waals surface area contributed by atoms with Crippen LogP contribution in [0.3, 0.4) is 0 Å². The van der Waals surface area contributed by atoms with Crippen LogP contribution in [0.25, 0.3) is 0 Å². The summed E-state index contributed by atoms with van der Waals surface area (Å²) in [6.07, 6.45) is 10.7. The van der Waals surface area contributed by atoms with E-state index in [2.05, 4.69) is 47.2 Å². The molecule has 0 aliphatic carbocycles. The molecule has 1 unspecified atom stereocenters. The van der Waals surface area contributed by atoms with Crippen molar-refractivity contribution in [2.24, 2.45) is 11.8 Å². The monoisotopic (exact) mass is 500 g/mol. The van der Waals surface area contributed by atoms with Crippen molar-refractivity contribution >= 4 is 24.7 Å². The summed E-state index contributed by atoms with van der Waals surface area (Å²) in [6.45, 7) is 17.1. The van der Waals surface area contributed by atoms with Gasteiger partial charge in [-0.25, -0.2) is 0 Å². The SMILES string of the molecule is CC.CC(C)CCC(=O)c1ccc(C=O)cc1.CCCCCCC(C)CC.Cc1ccccc1S. The third kappa shape index (κ3) is 20.1. The first kappa shape index (κ1) is 35.3. The largest absolute Gasteiger partial charge is 0.298 e. The maximum absolute atomic E-state index is 11.7. The summed E-state index contributed by atoms with van der Waals surface area (Å²) >= 11 is 4.20. The van der Waals surface area contributed by atoms with E-state index in [-0.39, 0.29) is 5.78 Å². The van der Waals surface area contributed by atoms with Gasteiger partial charge < -0.3 is 0 Å². The molecule has 0 aliphatic heterocycles. The quantitative estimate of drug-likeness (QED) is 0.144. The summed E-state index contributed by atoms with van der Waals surface area (Å²) in [5.41, 5.74) is 2.53. The lowest BCUT2D eigenvalue weighted by atomic mass is 10.0. The van der Waals surface area contributed by atoms with Gasteiger partial charge in [-0.15, -0.1) is 12.6 Å². The van der Waals surface area contributed by atoms with Crippen LogP contribution in [0.15, 0.2) is 53.4 Å². The summed E-state index contributed by atoms with van der Waals surface area (Å²) in [5.74, 6) is 1.65. The van der Waals surface area contributed by atoms with Crippen LogP contribution < -0.4 is 0 Å². The lowest BCUT2D eigenvalue weighted by Crippen LogP contribution is -2.01. The van der Waals surface area contributed by atoms with Crippen LogP contribution in [0.4, 0.5) is 0 Å². The molecule has 0 bridgehead atoms. The zero-order valence-electron chi connectivity index (χ0n) is 23.8. The molecule has 35 heavy (non-hydrogen) atoms. The average molecular weight is 501 g/mol. The van der Waals surface area contributed by atoms with Crippen molar-refractivity contribution in [3.8, 4) is 0 Å². The predicted octanol–water partition coefficient (Wildman–Crippen LogP) is 10.4. The Morgan fingerprint density at radius 2 is 1.49 bits per heavy atom. The number of aldehydes is 1. The molecule has 0 spiro atoms. The molecule has 0 N–H and O–H groups in total. The van der Waals surface area contributed by atoms with E-state index in [0.29, 0.717) is 23.5 Å². The van der Waals surface area contributed by atoms with Gasteiger partial charge in [0, 0.05) is 22.4 Å². The Labute approximate surface area is 222 Å². The molecule has 2 rings (SSSR count). The average Bonchev–Trinajstić information content (AvgIpc) is 2.88. The minimum Gasteiger partial charge on any atom is -0.298 e. The zero-order valence-corrected chi connectivity index (χ0v) is 24.7. The number of thiol groups is 1. The van der Waals surface area contributed by atoms with Gasteiger partial charge in [-0.2, -0.15) is 0 Å². The fourth-order valence-corrected chi connectivity index (χ4v) is 3.16. The second-order valence-corrected chi connectivity index (χ2v) is 9.73. The number of benzene rings is 2.